The number of halogens is 1. The third-order valence-corrected chi connectivity index (χ3v) is 4.97. The third kappa shape index (κ3) is 8.97. The Morgan fingerprint density at radius 3 is 2.50 bits per heavy atom. The molecule has 0 aromatic heterocycles. The van der Waals surface area contributed by atoms with Gasteiger partial charge in [-0.25, -0.2) is 4.79 Å². The van der Waals surface area contributed by atoms with Crippen LogP contribution < -0.4 is 5.73 Å². The lowest BCUT2D eigenvalue weighted by Gasteiger charge is -2.33. The summed E-state index contributed by atoms with van der Waals surface area (Å²) in [5.74, 6) is 0.474. The lowest BCUT2D eigenvalue weighted by Crippen LogP contribution is -2.38. The summed E-state index contributed by atoms with van der Waals surface area (Å²) in [6, 6.07) is 0. The molecular weight excluding hydrogens is 426 g/mol. The number of allylic oxidation sites excluding steroid dienone is 6. The van der Waals surface area contributed by atoms with Crippen molar-refractivity contribution in [2.75, 3.05) is 40.5 Å². The van der Waals surface area contributed by atoms with Crippen molar-refractivity contribution < 1.29 is 14.3 Å². The van der Waals surface area contributed by atoms with E-state index >= 15 is 0 Å². The Morgan fingerprint density at radius 2 is 1.91 bits per heavy atom. The Morgan fingerprint density at radius 1 is 1.22 bits per heavy atom. The van der Waals surface area contributed by atoms with E-state index in [9.17, 15) is 4.79 Å². The van der Waals surface area contributed by atoms with Gasteiger partial charge in [-0.15, -0.1) is 0 Å². The van der Waals surface area contributed by atoms with Gasteiger partial charge in [0, 0.05) is 42.5 Å². The lowest BCUT2D eigenvalue weighted by atomic mass is 10.1. The van der Waals surface area contributed by atoms with Crippen LogP contribution in [-0.2, 0) is 14.3 Å². The van der Waals surface area contributed by atoms with Crippen LogP contribution in [-0.4, -0.2) is 56.3 Å². The minimum atomic E-state index is -0.448. The van der Waals surface area contributed by atoms with Crippen LogP contribution in [0.4, 0.5) is 0 Å². The first-order valence-corrected chi connectivity index (χ1v) is 11.4. The summed E-state index contributed by atoms with van der Waals surface area (Å²) in [5, 5.41) is 0.328. The van der Waals surface area contributed by atoms with Crippen molar-refractivity contribution >= 4 is 17.6 Å². The Kier molecular flexibility index (Phi) is 13.3. The zero-order chi connectivity index (χ0) is 23.9. The average Bonchev–Trinajstić information content (AvgIpc) is 3.17. The maximum atomic E-state index is 12.4. The molecule has 0 aromatic carbocycles. The van der Waals surface area contributed by atoms with E-state index in [1.54, 1.807) is 19.3 Å². The summed E-state index contributed by atoms with van der Waals surface area (Å²) in [6.07, 6.45) is 15.5. The quantitative estimate of drug-likeness (QED) is 0.331. The molecule has 1 aliphatic heterocycles. The number of hydrogen-bond acceptors (Lipinski definition) is 6. The normalized spacial score (nSPS) is 17.3. The van der Waals surface area contributed by atoms with Crippen LogP contribution >= 0.6 is 11.6 Å². The molecule has 0 spiro atoms. The van der Waals surface area contributed by atoms with Crippen LogP contribution in [0.25, 0.3) is 0 Å². The SMILES string of the molecule is C=C(Cl)/C=C\C(C(=O)OC)=C(/CN)N1CCCCN(C2=CC=C(OC)CC=C2)C1.CCC. The minimum Gasteiger partial charge on any atom is -0.501 e. The van der Waals surface area contributed by atoms with Crippen molar-refractivity contribution in [2.24, 2.45) is 5.73 Å². The number of methoxy groups -OCH3 is 2. The Balaban J connectivity index is 0.00000161. The zero-order valence-corrected chi connectivity index (χ0v) is 20.7. The second-order valence-corrected chi connectivity index (χ2v) is 7.94. The number of esters is 1. The van der Waals surface area contributed by atoms with Gasteiger partial charge in [0.05, 0.1) is 32.2 Å². The minimum absolute atomic E-state index is 0.208. The number of hydrogen-bond donors (Lipinski definition) is 1. The summed E-state index contributed by atoms with van der Waals surface area (Å²) in [6.45, 7) is 10.4. The van der Waals surface area contributed by atoms with Gasteiger partial charge in [-0.1, -0.05) is 44.5 Å². The van der Waals surface area contributed by atoms with Gasteiger partial charge in [-0.3, -0.25) is 0 Å². The molecule has 0 aromatic rings. The maximum absolute atomic E-state index is 12.4. The van der Waals surface area contributed by atoms with Crippen molar-refractivity contribution in [2.45, 2.75) is 39.5 Å². The summed E-state index contributed by atoms with van der Waals surface area (Å²) < 4.78 is 10.3. The molecule has 2 rings (SSSR count). The summed E-state index contributed by atoms with van der Waals surface area (Å²) in [5.41, 5.74) is 8.29. The molecule has 32 heavy (non-hydrogen) atoms. The van der Waals surface area contributed by atoms with Crippen LogP contribution in [0.1, 0.15) is 39.5 Å². The Labute approximate surface area is 198 Å². The van der Waals surface area contributed by atoms with Gasteiger partial charge in [-0.05, 0) is 43.2 Å². The summed E-state index contributed by atoms with van der Waals surface area (Å²) >= 11 is 5.85. The largest absolute Gasteiger partial charge is 0.501 e. The molecule has 1 heterocycles. The first-order chi connectivity index (χ1) is 15.4. The van der Waals surface area contributed by atoms with E-state index < -0.39 is 5.97 Å². The number of carbonyl (C=O) groups is 1. The molecule has 0 atom stereocenters. The van der Waals surface area contributed by atoms with Crippen LogP contribution in [0, 0.1) is 0 Å². The molecule has 0 bridgehead atoms. The van der Waals surface area contributed by atoms with Gasteiger partial charge < -0.3 is 25.0 Å². The molecule has 7 heteroatoms. The molecule has 2 aliphatic rings. The topological polar surface area (TPSA) is 68.0 Å². The second kappa shape index (κ2) is 15.4. The van der Waals surface area contributed by atoms with Crippen LogP contribution in [0.2, 0.25) is 0 Å². The standard InChI is InChI=1S/C22H30ClN3O3.C3H8/c1-17(23)9-12-20(22(27)29-3)21(15-24)26-14-5-4-13-25(16-26)18-7-6-8-19(28-2)11-10-18;1-3-2/h6-7,9-12H,1,4-5,8,13-16,24H2,2-3H3;3H2,1-2H3/b12-9-,21-20-;. The Hall–Kier alpha value is -2.44. The molecule has 0 unspecified atom stereocenters. The highest BCUT2D eigenvalue weighted by Crippen LogP contribution is 2.22. The van der Waals surface area contributed by atoms with Gasteiger partial charge in [-0.2, -0.15) is 0 Å². The Bertz CT molecular complexity index is 781. The number of nitrogens with two attached hydrogens (primary N) is 1. The highest BCUT2D eigenvalue weighted by Gasteiger charge is 2.23. The average molecular weight is 464 g/mol. The van der Waals surface area contributed by atoms with Crippen molar-refractivity contribution in [3.8, 4) is 0 Å². The highest BCUT2D eigenvalue weighted by atomic mass is 35.5. The van der Waals surface area contributed by atoms with E-state index in [1.807, 2.05) is 6.08 Å². The second-order valence-electron chi connectivity index (χ2n) is 7.45. The van der Waals surface area contributed by atoms with Crippen molar-refractivity contribution in [3.05, 3.63) is 70.8 Å². The third-order valence-electron chi connectivity index (χ3n) is 4.84. The van der Waals surface area contributed by atoms with Crippen molar-refractivity contribution in [1.82, 2.24) is 9.80 Å². The monoisotopic (exact) mass is 463 g/mol. The molecular formula is C25H38ClN3O3. The van der Waals surface area contributed by atoms with E-state index in [-0.39, 0.29) is 6.54 Å². The smallest absolute Gasteiger partial charge is 0.339 e. The molecule has 0 saturated carbocycles. The van der Waals surface area contributed by atoms with Crippen LogP contribution in [0.15, 0.2) is 70.8 Å². The van der Waals surface area contributed by atoms with E-state index in [1.165, 1.54) is 13.5 Å². The van der Waals surface area contributed by atoms with Gasteiger partial charge in [0.2, 0.25) is 0 Å². The summed E-state index contributed by atoms with van der Waals surface area (Å²) in [7, 11) is 3.04. The van der Waals surface area contributed by atoms with Gasteiger partial charge in [0.15, 0.2) is 0 Å². The number of nitrogens with zero attached hydrogens (tertiary/aromatic N) is 2. The molecule has 1 aliphatic carbocycles. The van der Waals surface area contributed by atoms with E-state index in [0.29, 0.717) is 17.3 Å². The first kappa shape index (κ1) is 27.6. The van der Waals surface area contributed by atoms with Crippen LogP contribution in [0.5, 0.6) is 0 Å². The molecule has 0 amide bonds. The molecule has 178 valence electrons. The van der Waals surface area contributed by atoms with E-state index in [4.69, 9.17) is 26.8 Å². The van der Waals surface area contributed by atoms with Crippen molar-refractivity contribution in [1.29, 1.82) is 0 Å². The zero-order valence-electron chi connectivity index (χ0n) is 19.9. The van der Waals surface area contributed by atoms with E-state index in [0.717, 1.165) is 49.5 Å². The van der Waals surface area contributed by atoms with E-state index in [2.05, 4.69) is 48.5 Å². The van der Waals surface area contributed by atoms with Gasteiger partial charge in [0.25, 0.3) is 0 Å². The number of carbonyl (C=O) groups excluding carboxylic acids is 1. The fourth-order valence-corrected chi connectivity index (χ4v) is 3.38. The molecule has 2 N–H and O–H groups in total. The highest BCUT2D eigenvalue weighted by molar-refractivity contribution is 6.30. The predicted molar refractivity (Wildman–Crippen MR) is 133 cm³/mol. The lowest BCUT2D eigenvalue weighted by molar-refractivity contribution is -0.135. The fraction of sp³-hybridized carbons (Fsp3) is 0.480. The molecule has 1 fully saturated rings. The van der Waals surface area contributed by atoms with Gasteiger partial charge in [0.1, 0.15) is 0 Å². The van der Waals surface area contributed by atoms with Gasteiger partial charge >= 0.3 is 5.97 Å². The van der Waals surface area contributed by atoms with Crippen molar-refractivity contribution in [3.63, 3.8) is 0 Å². The molecule has 0 radical (unpaired) electrons. The number of ether oxygens (including phenoxy) is 2. The first-order valence-electron chi connectivity index (χ1n) is 11.1. The molecule has 1 saturated heterocycles. The van der Waals surface area contributed by atoms with Crippen LogP contribution in [0.3, 0.4) is 0 Å². The predicted octanol–water partition coefficient (Wildman–Crippen LogP) is 4.83. The number of rotatable bonds is 7. The molecule has 6 nitrogen and oxygen atoms in total. The fourth-order valence-electron chi connectivity index (χ4n) is 3.32. The maximum Gasteiger partial charge on any atom is 0.339 e. The summed E-state index contributed by atoms with van der Waals surface area (Å²) in [4.78, 5) is 16.8.